The van der Waals surface area contributed by atoms with Gasteiger partial charge in [-0.1, -0.05) is 56.3 Å². The first-order chi connectivity index (χ1) is 16.7. The van der Waals surface area contributed by atoms with Crippen LogP contribution in [0.2, 0.25) is 0 Å². The molecule has 0 bridgehead atoms. The zero-order chi connectivity index (χ0) is 25.4. The second-order valence-corrected chi connectivity index (χ2v) is 10.9. The van der Waals surface area contributed by atoms with Gasteiger partial charge in [0.2, 0.25) is 5.91 Å². The highest BCUT2D eigenvalue weighted by atomic mass is 32.2. The summed E-state index contributed by atoms with van der Waals surface area (Å²) in [6.45, 7) is 6.73. The number of carboxylic acids is 1. The number of carbonyl (C=O) groups excluding carboxylic acids is 1. The van der Waals surface area contributed by atoms with Gasteiger partial charge in [0, 0.05) is 13.1 Å². The maximum Gasteiger partial charge on any atom is 0.326 e. The number of phenols is 1. The van der Waals surface area contributed by atoms with Crippen molar-refractivity contribution in [2.45, 2.75) is 44.6 Å². The Morgan fingerprint density at radius 1 is 1.20 bits per heavy atom. The molecule has 35 heavy (non-hydrogen) atoms. The molecule has 7 heteroatoms. The molecule has 3 rings (SSSR count). The fraction of sp³-hybridized carbons (Fsp3) is 0.500. The number of nitrogens with zero attached hydrogens (tertiary/aromatic N) is 1. The first-order valence-electron chi connectivity index (χ1n) is 12.3. The molecular weight excluding hydrogens is 460 g/mol. The molecule has 1 fully saturated rings. The van der Waals surface area contributed by atoms with Gasteiger partial charge in [0.25, 0.3) is 0 Å². The van der Waals surface area contributed by atoms with Crippen molar-refractivity contribution in [3.63, 3.8) is 0 Å². The van der Waals surface area contributed by atoms with E-state index in [4.69, 9.17) is 0 Å². The molecule has 3 N–H and O–H groups in total. The number of nitrogens with one attached hydrogen (secondary N) is 1. The Bertz CT molecular complexity index is 986. The van der Waals surface area contributed by atoms with Crippen LogP contribution in [0, 0.1) is 11.8 Å². The van der Waals surface area contributed by atoms with Crippen molar-refractivity contribution >= 4 is 23.6 Å². The number of hydrogen-bond donors (Lipinski definition) is 3. The van der Waals surface area contributed by atoms with Crippen molar-refractivity contribution in [1.29, 1.82) is 0 Å². The molecule has 2 aromatic rings. The van der Waals surface area contributed by atoms with Crippen molar-refractivity contribution in [3.05, 3.63) is 65.7 Å². The average molecular weight is 499 g/mol. The molecule has 1 aliphatic heterocycles. The van der Waals surface area contributed by atoms with Gasteiger partial charge in [-0.2, -0.15) is 11.8 Å². The number of rotatable bonds is 11. The van der Waals surface area contributed by atoms with E-state index in [1.807, 2.05) is 48.7 Å². The van der Waals surface area contributed by atoms with E-state index in [0.717, 1.165) is 30.6 Å². The number of carbonyl (C=O) groups is 2. The number of phenolic OH excluding ortho intramolecular Hbond substituents is 1. The Kier molecular flexibility index (Phi) is 9.63. The zero-order valence-electron chi connectivity index (χ0n) is 20.9. The molecule has 1 saturated heterocycles. The summed E-state index contributed by atoms with van der Waals surface area (Å²) in [6.07, 6.45) is 3.82. The van der Waals surface area contributed by atoms with E-state index in [1.54, 1.807) is 17.8 Å². The molecule has 0 radical (unpaired) electrons. The summed E-state index contributed by atoms with van der Waals surface area (Å²) < 4.78 is 0. The molecule has 1 aliphatic rings. The fourth-order valence-corrected chi connectivity index (χ4v) is 5.48. The van der Waals surface area contributed by atoms with Gasteiger partial charge in [-0.25, -0.2) is 4.79 Å². The third-order valence-corrected chi connectivity index (χ3v) is 8.12. The number of hydrogen-bond acceptors (Lipinski definition) is 5. The largest absolute Gasteiger partial charge is 0.508 e. The van der Waals surface area contributed by atoms with Crippen LogP contribution in [-0.4, -0.2) is 64.7 Å². The van der Waals surface area contributed by atoms with Crippen LogP contribution >= 0.6 is 11.8 Å². The van der Waals surface area contributed by atoms with E-state index in [2.05, 4.69) is 30.1 Å². The average Bonchev–Trinajstić information content (AvgIpc) is 2.84. The van der Waals surface area contributed by atoms with Gasteiger partial charge in [0.05, 0.1) is 5.92 Å². The van der Waals surface area contributed by atoms with Crippen LogP contribution in [-0.2, 0) is 21.4 Å². The smallest absolute Gasteiger partial charge is 0.326 e. The molecule has 190 valence electrons. The first-order valence-corrected chi connectivity index (χ1v) is 13.7. The lowest BCUT2D eigenvalue weighted by molar-refractivity contribution is -0.142. The third kappa shape index (κ3) is 7.24. The summed E-state index contributed by atoms with van der Waals surface area (Å²) >= 11 is 1.57. The third-order valence-electron chi connectivity index (χ3n) is 7.47. The number of aromatic hydroxyl groups is 1. The zero-order valence-corrected chi connectivity index (χ0v) is 21.8. The van der Waals surface area contributed by atoms with Crippen molar-refractivity contribution in [1.82, 2.24) is 10.2 Å². The highest BCUT2D eigenvalue weighted by Gasteiger charge is 2.39. The van der Waals surface area contributed by atoms with E-state index in [0.29, 0.717) is 31.1 Å². The monoisotopic (exact) mass is 498 g/mol. The maximum absolute atomic E-state index is 13.3. The van der Waals surface area contributed by atoms with Gasteiger partial charge in [0.1, 0.15) is 11.8 Å². The van der Waals surface area contributed by atoms with Gasteiger partial charge in [-0.3, -0.25) is 4.79 Å². The van der Waals surface area contributed by atoms with Crippen LogP contribution in [0.1, 0.15) is 37.8 Å². The Labute approximate surface area is 213 Å². The molecule has 0 unspecified atom stereocenters. The number of piperidine rings is 1. The number of carboxylic acid groups (broad SMARTS) is 1. The Morgan fingerprint density at radius 2 is 1.94 bits per heavy atom. The number of thioether (sulfide) groups is 1. The molecule has 0 saturated carbocycles. The Hall–Kier alpha value is -2.51. The predicted molar refractivity (Wildman–Crippen MR) is 142 cm³/mol. The lowest BCUT2D eigenvalue weighted by Gasteiger charge is -2.45. The summed E-state index contributed by atoms with van der Waals surface area (Å²) in [5.41, 5.74) is 2.15. The van der Waals surface area contributed by atoms with Crippen LogP contribution in [0.3, 0.4) is 0 Å². The molecule has 0 aliphatic carbocycles. The van der Waals surface area contributed by atoms with Crippen LogP contribution in [0.4, 0.5) is 0 Å². The van der Waals surface area contributed by atoms with E-state index in [9.17, 15) is 19.8 Å². The molecule has 0 aromatic heterocycles. The molecule has 4 atom stereocenters. The maximum atomic E-state index is 13.3. The fourth-order valence-electron chi connectivity index (χ4n) is 5.01. The standard InChI is InChI=1S/C28H38N2O4S/c1-20-18-30(14-13-28(20,2)23-10-7-11-24(31)17-23)19-22(16-21-8-5-4-6-9-21)26(32)29-25(27(33)34)12-15-35-3/h4-11,17,20,22,25,31H,12-16,18-19H2,1-3H3,(H,29,32)(H,33,34)/t20-,22-,25-,28+/m0/s1. The van der Waals surface area contributed by atoms with Crippen molar-refractivity contribution in [2.24, 2.45) is 11.8 Å². The normalized spacial score (nSPS) is 22.3. The van der Waals surface area contributed by atoms with Crippen LogP contribution in [0.25, 0.3) is 0 Å². The summed E-state index contributed by atoms with van der Waals surface area (Å²) in [5.74, 6) is -0.238. The second kappa shape index (κ2) is 12.5. The highest BCUT2D eigenvalue weighted by molar-refractivity contribution is 7.98. The summed E-state index contributed by atoms with van der Waals surface area (Å²) in [7, 11) is 0. The van der Waals surface area contributed by atoms with E-state index < -0.39 is 12.0 Å². The molecule has 2 aromatic carbocycles. The Balaban J connectivity index is 1.72. The SMILES string of the molecule is CSCC[C@H](NC(=O)[C@@H](Cc1ccccc1)CN1CC[C@@](C)(c2cccc(O)c2)[C@@H](C)C1)C(=O)O. The van der Waals surface area contributed by atoms with E-state index in [1.165, 1.54) is 0 Å². The van der Waals surface area contributed by atoms with Gasteiger partial charge in [-0.05, 0) is 72.4 Å². The van der Waals surface area contributed by atoms with Crippen molar-refractivity contribution in [2.75, 3.05) is 31.6 Å². The first kappa shape index (κ1) is 27.1. The van der Waals surface area contributed by atoms with E-state index in [-0.39, 0.29) is 23.0 Å². The Morgan fingerprint density at radius 3 is 2.57 bits per heavy atom. The van der Waals surface area contributed by atoms with Gasteiger partial charge in [-0.15, -0.1) is 0 Å². The molecule has 0 spiro atoms. The number of benzene rings is 2. The lowest BCUT2D eigenvalue weighted by atomic mass is 9.68. The van der Waals surface area contributed by atoms with Crippen LogP contribution in [0.5, 0.6) is 5.75 Å². The van der Waals surface area contributed by atoms with Crippen molar-refractivity contribution < 1.29 is 19.8 Å². The quantitative estimate of drug-likeness (QED) is 0.431. The van der Waals surface area contributed by atoms with Gasteiger partial charge < -0.3 is 20.4 Å². The minimum atomic E-state index is -0.987. The van der Waals surface area contributed by atoms with Gasteiger partial charge >= 0.3 is 5.97 Å². The number of aliphatic carboxylic acids is 1. The topological polar surface area (TPSA) is 89.9 Å². The van der Waals surface area contributed by atoms with Crippen molar-refractivity contribution in [3.8, 4) is 5.75 Å². The molecule has 1 heterocycles. The highest BCUT2D eigenvalue weighted by Crippen LogP contribution is 2.40. The summed E-state index contributed by atoms with van der Waals surface area (Å²) in [4.78, 5) is 27.4. The lowest BCUT2D eigenvalue weighted by Crippen LogP contribution is -2.51. The van der Waals surface area contributed by atoms with Crippen LogP contribution < -0.4 is 5.32 Å². The molecular formula is C28H38N2O4S. The summed E-state index contributed by atoms with van der Waals surface area (Å²) in [5, 5.41) is 22.4. The number of likely N-dealkylation sites (tertiary alicyclic amines) is 1. The van der Waals surface area contributed by atoms with Crippen LogP contribution in [0.15, 0.2) is 54.6 Å². The predicted octanol–water partition coefficient (Wildman–Crippen LogP) is 4.17. The second-order valence-electron chi connectivity index (χ2n) is 9.95. The minimum Gasteiger partial charge on any atom is -0.508 e. The van der Waals surface area contributed by atoms with E-state index >= 15 is 0 Å². The molecule has 1 amide bonds. The minimum absolute atomic E-state index is 0.0569. The van der Waals surface area contributed by atoms with Gasteiger partial charge in [0.15, 0.2) is 0 Å². The number of amides is 1. The summed E-state index contributed by atoms with van der Waals surface area (Å²) in [6, 6.07) is 16.6. The molecule has 6 nitrogen and oxygen atoms in total.